The monoisotopic (exact) mass is 257 g/mol. The molecule has 1 atom stereocenters. The number of nitrogens with two attached hydrogens (primary N) is 1. The third-order valence-corrected chi connectivity index (χ3v) is 3.58. The second-order valence-corrected chi connectivity index (χ2v) is 4.80. The Hall–Kier alpha value is -2.30. The van der Waals surface area contributed by atoms with Crippen LogP contribution in [0.3, 0.4) is 0 Å². The minimum Gasteiger partial charge on any atom is -0.480 e. The lowest BCUT2D eigenvalue weighted by molar-refractivity contribution is -0.138. The van der Waals surface area contributed by atoms with Crippen LogP contribution in [0, 0.1) is 0 Å². The summed E-state index contributed by atoms with van der Waals surface area (Å²) in [6.45, 7) is 0.730. The standard InChI is InChI=1S/C14H15N3O2/c15-10-3-4-11-9(8-10)5-6-16-13(11)17-7-1-2-12(17)14(18)19/h3-6,8,12H,1-2,7,15H2,(H,18,19). The number of aromatic nitrogens is 1. The van der Waals surface area contributed by atoms with Crippen molar-refractivity contribution in [3.05, 3.63) is 30.5 Å². The molecule has 98 valence electrons. The predicted molar refractivity (Wildman–Crippen MR) is 74.2 cm³/mol. The molecule has 0 amide bonds. The molecule has 0 saturated carbocycles. The van der Waals surface area contributed by atoms with Gasteiger partial charge in [-0.05, 0) is 42.5 Å². The first-order chi connectivity index (χ1) is 9.16. The Morgan fingerprint density at radius 1 is 1.42 bits per heavy atom. The smallest absolute Gasteiger partial charge is 0.326 e. The van der Waals surface area contributed by atoms with Gasteiger partial charge in [-0.1, -0.05) is 0 Å². The van der Waals surface area contributed by atoms with Crippen molar-refractivity contribution in [1.29, 1.82) is 0 Å². The molecule has 1 aromatic carbocycles. The van der Waals surface area contributed by atoms with E-state index in [-0.39, 0.29) is 0 Å². The van der Waals surface area contributed by atoms with Gasteiger partial charge in [-0.15, -0.1) is 0 Å². The van der Waals surface area contributed by atoms with Crippen molar-refractivity contribution in [2.75, 3.05) is 17.2 Å². The molecule has 0 spiro atoms. The Morgan fingerprint density at radius 3 is 3.05 bits per heavy atom. The molecule has 3 N–H and O–H groups in total. The third kappa shape index (κ3) is 1.97. The maximum Gasteiger partial charge on any atom is 0.326 e. The van der Waals surface area contributed by atoms with Crippen molar-refractivity contribution in [2.24, 2.45) is 0 Å². The molecule has 1 aromatic heterocycles. The highest BCUT2D eigenvalue weighted by Crippen LogP contribution is 2.31. The minimum atomic E-state index is -0.785. The zero-order valence-electron chi connectivity index (χ0n) is 10.4. The highest BCUT2D eigenvalue weighted by molar-refractivity contribution is 5.95. The summed E-state index contributed by atoms with van der Waals surface area (Å²) in [5.41, 5.74) is 6.47. The second-order valence-electron chi connectivity index (χ2n) is 4.80. The lowest BCUT2D eigenvalue weighted by Crippen LogP contribution is -2.36. The minimum absolute atomic E-state index is 0.476. The largest absolute Gasteiger partial charge is 0.480 e. The normalized spacial score (nSPS) is 18.9. The van der Waals surface area contributed by atoms with Gasteiger partial charge < -0.3 is 15.7 Å². The summed E-state index contributed by atoms with van der Waals surface area (Å²) in [4.78, 5) is 17.5. The van der Waals surface area contributed by atoms with Crippen LogP contribution in [-0.4, -0.2) is 28.6 Å². The number of anilines is 2. The molecule has 1 aliphatic rings. The van der Waals surface area contributed by atoms with Crippen LogP contribution >= 0.6 is 0 Å². The molecule has 2 heterocycles. The fraction of sp³-hybridized carbons (Fsp3) is 0.286. The molecule has 0 aliphatic carbocycles. The van der Waals surface area contributed by atoms with Gasteiger partial charge >= 0.3 is 5.97 Å². The van der Waals surface area contributed by atoms with Crippen molar-refractivity contribution in [3.8, 4) is 0 Å². The van der Waals surface area contributed by atoms with Gasteiger partial charge in [-0.3, -0.25) is 0 Å². The van der Waals surface area contributed by atoms with Crippen LogP contribution in [0.25, 0.3) is 10.8 Å². The number of carboxylic acids is 1. The first kappa shape index (κ1) is 11.8. The number of aliphatic carboxylic acids is 1. The predicted octanol–water partition coefficient (Wildman–Crippen LogP) is 1.87. The van der Waals surface area contributed by atoms with E-state index in [1.54, 1.807) is 6.20 Å². The zero-order chi connectivity index (χ0) is 13.4. The van der Waals surface area contributed by atoms with Gasteiger partial charge in [0.15, 0.2) is 0 Å². The maximum atomic E-state index is 11.3. The molecule has 1 aliphatic heterocycles. The number of carbonyl (C=O) groups is 1. The van der Waals surface area contributed by atoms with Crippen LogP contribution in [0.1, 0.15) is 12.8 Å². The number of nitrogens with zero attached hydrogens (tertiary/aromatic N) is 2. The van der Waals surface area contributed by atoms with Crippen molar-refractivity contribution < 1.29 is 9.90 Å². The zero-order valence-corrected chi connectivity index (χ0v) is 10.4. The molecule has 1 fully saturated rings. The molecule has 0 radical (unpaired) electrons. The lowest BCUT2D eigenvalue weighted by atomic mass is 10.1. The van der Waals surface area contributed by atoms with E-state index in [1.807, 2.05) is 29.2 Å². The Balaban J connectivity index is 2.12. The summed E-state index contributed by atoms with van der Waals surface area (Å²) in [7, 11) is 0. The third-order valence-electron chi connectivity index (χ3n) is 3.58. The van der Waals surface area contributed by atoms with Crippen molar-refractivity contribution in [3.63, 3.8) is 0 Å². The Kier molecular flexibility index (Phi) is 2.74. The highest BCUT2D eigenvalue weighted by Gasteiger charge is 2.32. The van der Waals surface area contributed by atoms with Crippen LogP contribution in [0.4, 0.5) is 11.5 Å². The van der Waals surface area contributed by atoms with E-state index in [4.69, 9.17) is 5.73 Å². The van der Waals surface area contributed by atoms with E-state index < -0.39 is 12.0 Å². The number of hydrogen-bond donors (Lipinski definition) is 2. The van der Waals surface area contributed by atoms with Gasteiger partial charge in [0.1, 0.15) is 11.9 Å². The molecule has 5 heteroatoms. The van der Waals surface area contributed by atoms with Crippen LogP contribution in [0.15, 0.2) is 30.5 Å². The summed E-state index contributed by atoms with van der Waals surface area (Å²) < 4.78 is 0. The van der Waals surface area contributed by atoms with Crippen molar-refractivity contribution in [1.82, 2.24) is 4.98 Å². The fourth-order valence-electron chi connectivity index (χ4n) is 2.69. The quantitative estimate of drug-likeness (QED) is 0.803. The SMILES string of the molecule is Nc1ccc2c(N3CCCC3C(=O)O)nccc2c1. The fourth-order valence-corrected chi connectivity index (χ4v) is 2.69. The second kappa shape index (κ2) is 4.42. The highest BCUT2D eigenvalue weighted by atomic mass is 16.4. The molecule has 1 saturated heterocycles. The van der Waals surface area contributed by atoms with Gasteiger partial charge in [0.05, 0.1) is 0 Å². The summed E-state index contributed by atoms with van der Waals surface area (Å²) in [5.74, 6) is -0.0471. The van der Waals surface area contributed by atoms with Gasteiger partial charge in [0.2, 0.25) is 0 Å². The van der Waals surface area contributed by atoms with Gasteiger partial charge in [0.25, 0.3) is 0 Å². The van der Waals surface area contributed by atoms with Gasteiger partial charge in [0, 0.05) is 23.8 Å². The molecule has 0 bridgehead atoms. The van der Waals surface area contributed by atoms with Gasteiger partial charge in [-0.25, -0.2) is 9.78 Å². The number of pyridine rings is 1. The topological polar surface area (TPSA) is 79.5 Å². The van der Waals surface area contributed by atoms with Crippen LogP contribution in [-0.2, 0) is 4.79 Å². The Labute approximate surface area is 110 Å². The maximum absolute atomic E-state index is 11.3. The average molecular weight is 257 g/mol. The number of carboxylic acid groups (broad SMARTS) is 1. The number of nitrogen functional groups attached to an aromatic ring is 1. The van der Waals surface area contributed by atoms with Crippen molar-refractivity contribution >= 4 is 28.2 Å². The molecule has 1 unspecified atom stereocenters. The summed E-state index contributed by atoms with van der Waals surface area (Å²) >= 11 is 0. The summed E-state index contributed by atoms with van der Waals surface area (Å²) in [6, 6.07) is 7.02. The number of hydrogen-bond acceptors (Lipinski definition) is 4. The first-order valence-electron chi connectivity index (χ1n) is 6.30. The average Bonchev–Trinajstić information content (AvgIpc) is 2.86. The molecular weight excluding hydrogens is 242 g/mol. The molecule has 5 nitrogen and oxygen atoms in total. The van der Waals surface area contributed by atoms with E-state index in [0.29, 0.717) is 12.1 Å². The lowest BCUT2D eigenvalue weighted by Gasteiger charge is -2.23. The number of rotatable bonds is 2. The summed E-state index contributed by atoms with van der Waals surface area (Å²) in [6.07, 6.45) is 3.25. The van der Waals surface area contributed by atoms with E-state index in [0.717, 1.165) is 29.6 Å². The van der Waals surface area contributed by atoms with Crippen molar-refractivity contribution in [2.45, 2.75) is 18.9 Å². The molecule has 3 rings (SSSR count). The first-order valence-corrected chi connectivity index (χ1v) is 6.30. The van der Waals surface area contributed by atoms with Gasteiger partial charge in [-0.2, -0.15) is 0 Å². The van der Waals surface area contributed by atoms with E-state index in [2.05, 4.69) is 4.98 Å². The molecule has 2 aromatic rings. The van der Waals surface area contributed by atoms with E-state index in [1.165, 1.54) is 0 Å². The summed E-state index contributed by atoms with van der Waals surface area (Å²) in [5, 5.41) is 11.2. The molecular formula is C14H15N3O2. The van der Waals surface area contributed by atoms with Crippen LogP contribution < -0.4 is 10.6 Å². The number of benzene rings is 1. The number of fused-ring (bicyclic) bond motifs is 1. The Bertz CT molecular complexity index is 642. The van der Waals surface area contributed by atoms with E-state index in [9.17, 15) is 9.90 Å². The van der Waals surface area contributed by atoms with Crippen LogP contribution in [0.2, 0.25) is 0 Å². The van der Waals surface area contributed by atoms with E-state index >= 15 is 0 Å². The van der Waals surface area contributed by atoms with Crippen LogP contribution in [0.5, 0.6) is 0 Å². The molecule has 19 heavy (non-hydrogen) atoms. The Morgan fingerprint density at radius 2 is 2.26 bits per heavy atom.